The van der Waals surface area contributed by atoms with Gasteiger partial charge in [0.25, 0.3) is 0 Å². The molecule has 1 aliphatic carbocycles. The van der Waals surface area contributed by atoms with Gasteiger partial charge in [0.2, 0.25) is 0 Å². The van der Waals surface area contributed by atoms with Crippen LogP contribution in [0, 0.1) is 11.8 Å². The Morgan fingerprint density at radius 3 is 2.84 bits per heavy atom. The molecule has 19 heavy (non-hydrogen) atoms. The van der Waals surface area contributed by atoms with Crippen molar-refractivity contribution in [3.63, 3.8) is 0 Å². The second kappa shape index (κ2) is 5.54. The van der Waals surface area contributed by atoms with Crippen LogP contribution in [-0.2, 0) is 6.42 Å². The molecule has 2 heteroatoms. The van der Waals surface area contributed by atoms with E-state index in [1.807, 2.05) is 0 Å². The van der Waals surface area contributed by atoms with E-state index in [4.69, 9.17) is 0 Å². The highest BCUT2D eigenvalue weighted by Crippen LogP contribution is 2.39. The first-order chi connectivity index (χ1) is 9.25. The fourth-order valence-corrected chi connectivity index (χ4v) is 3.47. The number of fused-ring (bicyclic) bond motifs is 1. The van der Waals surface area contributed by atoms with Gasteiger partial charge in [-0.15, -0.1) is 0 Å². The van der Waals surface area contributed by atoms with E-state index >= 15 is 0 Å². The molecule has 0 amide bonds. The predicted molar refractivity (Wildman–Crippen MR) is 81.7 cm³/mol. The van der Waals surface area contributed by atoms with Crippen molar-refractivity contribution in [2.45, 2.75) is 39.2 Å². The molecule has 2 unspecified atom stereocenters. The van der Waals surface area contributed by atoms with E-state index in [2.05, 4.69) is 48.3 Å². The summed E-state index contributed by atoms with van der Waals surface area (Å²) in [6.45, 7) is 8.13. The van der Waals surface area contributed by atoms with E-state index in [0.29, 0.717) is 0 Å². The molecule has 0 radical (unpaired) electrons. The number of hydrogen-bond donors (Lipinski definition) is 1. The van der Waals surface area contributed by atoms with E-state index in [1.54, 1.807) is 5.56 Å². The van der Waals surface area contributed by atoms with Gasteiger partial charge in [-0.1, -0.05) is 32.0 Å². The number of hydrogen-bond acceptors (Lipinski definition) is 2. The Hall–Kier alpha value is -1.02. The third-order valence-electron chi connectivity index (χ3n) is 4.66. The van der Waals surface area contributed by atoms with Crippen LogP contribution in [0.3, 0.4) is 0 Å². The van der Waals surface area contributed by atoms with E-state index < -0.39 is 0 Å². The fourth-order valence-electron chi connectivity index (χ4n) is 3.47. The van der Waals surface area contributed by atoms with Gasteiger partial charge in [-0.3, -0.25) is 0 Å². The van der Waals surface area contributed by atoms with Crippen molar-refractivity contribution in [3.8, 4) is 0 Å². The maximum atomic E-state index is 3.64. The Labute approximate surface area is 117 Å². The van der Waals surface area contributed by atoms with Crippen molar-refractivity contribution in [2.75, 3.05) is 24.5 Å². The highest BCUT2D eigenvalue weighted by molar-refractivity contribution is 5.59. The molecule has 1 saturated carbocycles. The fraction of sp³-hybridized carbons (Fsp3) is 0.647. The standard InChI is InChI=1S/C17H26N2/c1-13(2)11-18-12-15-7-8-17(15)19-10-9-14-5-3-4-6-16(14)19/h3-6,13,15,17-18H,7-12H2,1-2H3. The lowest BCUT2D eigenvalue weighted by Gasteiger charge is -2.44. The smallest absolute Gasteiger partial charge is 0.0402 e. The van der Waals surface area contributed by atoms with E-state index in [1.165, 1.54) is 38.0 Å². The summed E-state index contributed by atoms with van der Waals surface area (Å²) in [5.41, 5.74) is 3.05. The molecular weight excluding hydrogens is 232 g/mol. The number of rotatable bonds is 5. The molecule has 1 aliphatic heterocycles. The van der Waals surface area contributed by atoms with Crippen LogP contribution in [0.1, 0.15) is 32.3 Å². The predicted octanol–water partition coefficient (Wildman–Crippen LogP) is 3.07. The Balaban J connectivity index is 1.58. The summed E-state index contributed by atoms with van der Waals surface area (Å²) in [5, 5.41) is 3.64. The summed E-state index contributed by atoms with van der Waals surface area (Å²) in [4.78, 5) is 2.67. The third-order valence-corrected chi connectivity index (χ3v) is 4.66. The van der Waals surface area contributed by atoms with E-state index in [9.17, 15) is 0 Å². The first-order valence-electron chi connectivity index (χ1n) is 7.81. The zero-order chi connectivity index (χ0) is 13.2. The minimum atomic E-state index is 0.756. The summed E-state index contributed by atoms with van der Waals surface area (Å²) in [5.74, 6) is 1.61. The average Bonchev–Trinajstić information content (AvgIpc) is 2.77. The lowest BCUT2D eigenvalue weighted by molar-refractivity contribution is 0.234. The molecule has 1 heterocycles. The van der Waals surface area contributed by atoms with Crippen LogP contribution in [0.2, 0.25) is 0 Å². The molecule has 1 aromatic carbocycles. The largest absolute Gasteiger partial charge is 0.368 e. The average molecular weight is 258 g/mol. The third kappa shape index (κ3) is 2.64. The highest BCUT2D eigenvalue weighted by atomic mass is 15.2. The van der Waals surface area contributed by atoms with Gasteiger partial charge >= 0.3 is 0 Å². The van der Waals surface area contributed by atoms with Gasteiger partial charge in [0.15, 0.2) is 0 Å². The summed E-state index contributed by atoms with van der Waals surface area (Å²) in [6, 6.07) is 9.73. The Bertz CT molecular complexity index is 427. The number of nitrogens with one attached hydrogen (secondary N) is 1. The molecule has 104 valence electrons. The maximum absolute atomic E-state index is 3.64. The number of anilines is 1. The van der Waals surface area contributed by atoms with E-state index in [-0.39, 0.29) is 0 Å². The van der Waals surface area contributed by atoms with Crippen molar-refractivity contribution in [1.29, 1.82) is 0 Å². The van der Waals surface area contributed by atoms with Gasteiger partial charge in [0, 0.05) is 18.3 Å². The van der Waals surface area contributed by atoms with Gasteiger partial charge in [-0.25, -0.2) is 0 Å². The van der Waals surface area contributed by atoms with E-state index in [0.717, 1.165) is 24.4 Å². The van der Waals surface area contributed by atoms with Gasteiger partial charge in [-0.2, -0.15) is 0 Å². The normalized spacial score (nSPS) is 25.5. The Kier molecular flexibility index (Phi) is 3.79. The van der Waals surface area contributed by atoms with Crippen molar-refractivity contribution in [2.24, 2.45) is 11.8 Å². The topological polar surface area (TPSA) is 15.3 Å². The molecule has 1 N–H and O–H groups in total. The lowest BCUT2D eigenvalue weighted by atomic mass is 9.78. The van der Waals surface area contributed by atoms with Gasteiger partial charge < -0.3 is 10.2 Å². The summed E-state index contributed by atoms with van der Waals surface area (Å²) in [6.07, 6.45) is 4.01. The SMILES string of the molecule is CC(C)CNCC1CCC1N1CCc2ccccc21. The van der Waals surface area contributed by atoms with Gasteiger partial charge in [0.1, 0.15) is 0 Å². The monoisotopic (exact) mass is 258 g/mol. The summed E-state index contributed by atoms with van der Waals surface area (Å²) < 4.78 is 0. The summed E-state index contributed by atoms with van der Waals surface area (Å²) >= 11 is 0. The van der Waals surface area contributed by atoms with Crippen molar-refractivity contribution in [3.05, 3.63) is 29.8 Å². The number of para-hydroxylation sites is 1. The first kappa shape index (κ1) is 13.0. The lowest BCUT2D eigenvalue weighted by Crippen LogP contribution is -2.50. The van der Waals surface area contributed by atoms with Crippen LogP contribution in [0.5, 0.6) is 0 Å². The molecule has 1 aromatic rings. The van der Waals surface area contributed by atoms with Crippen molar-refractivity contribution < 1.29 is 0 Å². The maximum Gasteiger partial charge on any atom is 0.0402 e. The quantitative estimate of drug-likeness (QED) is 0.873. The van der Waals surface area contributed by atoms with Gasteiger partial charge in [0.05, 0.1) is 0 Å². The number of benzene rings is 1. The minimum absolute atomic E-state index is 0.756. The van der Waals surface area contributed by atoms with Crippen molar-refractivity contribution in [1.82, 2.24) is 5.32 Å². The van der Waals surface area contributed by atoms with Gasteiger partial charge in [-0.05, 0) is 55.8 Å². The summed E-state index contributed by atoms with van der Waals surface area (Å²) in [7, 11) is 0. The zero-order valence-electron chi connectivity index (χ0n) is 12.2. The van der Waals surface area contributed by atoms with Crippen LogP contribution in [0.15, 0.2) is 24.3 Å². The van der Waals surface area contributed by atoms with Crippen LogP contribution in [-0.4, -0.2) is 25.7 Å². The number of nitrogens with zero attached hydrogens (tertiary/aromatic N) is 1. The Morgan fingerprint density at radius 2 is 2.11 bits per heavy atom. The van der Waals surface area contributed by atoms with Crippen molar-refractivity contribution >= 4 is 5.69 Å². The molecule has 2 aliphatic rings. The second-order valence-electron chi connectivity index (χ2n) is 6.53. The van der Waals surface area contributed by atoms with Crippen LogP contribution in [0.4, 0.5) is 5.69 Å². The molecule has 3 rings (SSSR count). The minimum Gasteiger partial charge on any atom is -0.368 e. The molecule has 0 aromatic heterocycles. The van der Waals surface area contributed by atoms with Crippen LogP contribution >= 0.6 is 0 Å². The highest BCUT2D eigenvalue weighted by Gasteiger charge is 2.37. The van der Waals surface area contributed by atoms with Crippen LogP contribution < -0.4 is 10.2 Å². The Morgan fingerprint density at radius 1 is 1.26 bits per heavy atom. The molecule has 0 spiro atoms. The first-order valence-corrected chi connectivity index (χ1v) is 7.81. The second-order valence-corrected chi connectivity index (χ2v) is 6.53. The molecular formula is C17H26N2. The molecule has 0 saturated heterocycles. The molecule has 1 fully saturated rings. The molecule has 0 bridgehead atoms. The zero-order valence-corrected chi connectivity index (χ0v) is 12.2. The molecule has 2 atom stereocenters. The van der Waals surface area contributed by atoms with Crippen LogP contribution in [0.25, 0.3) is 0 Å². The molecule has 2 nitrogen and oxygen atoms in total.